The monoisotopic (exact) mass is 414 g/mol. The summed E-state index contributed by atoms with van der Waals surface area (Å²) in [4.78, 5) is 31.4. The van der Waals surface area contributed by atoms with Crippen molar-refractivity contribution in [2.45, 2.75) is 32.9 Å². The number of hydrogen-bond acceptors (Lipinski definition) is 4. The molecule has 1 saturated heterocycles. The molecule has 0 saturated carbocycles. The molecule has 1 unspecified atom stereocenters. The minimum Gasteiger partial charge on any atom is -0.358 e. The van der Waals surface area contributed by atoms with Crippen molar-refractivity contribution < 1.29 is 9.59 Å². The largest absolute Gasteiger partial charge is 0.358 e. The molecule has 6 heteroatoms. The lowest BCUT2D eigenvalue weighted by atomic mass is 10.1. The maximum Gasteiger partial charge on any atom is 0.257 e. The zero-order chi connectivity index (χ0) is 21.8. The second-order valence-corrected chi connectivity index (χ2v) is 7.98. The van der Waals surface area contributed by atoms with Gasteiger partial charge in [0.25, 0.3) is 5.91 Å². The first kappa shape index (κ1) is 20.6. The molecule has 4 rings (SSSR count). The van der Waals surface area contributed by atoms with Gasteiger partial charge >= 0.3 is 0 Å². The smallest absolute Gasteiger partial charge is 0.257 e. The number of hydrogen-bond donors (Lipinski definition) is 2. The molecule has 2 aromatic carbocycles. The Labute approximate surface area is 182 Å². The Morgan fingerprint density at radius 2 is 1.68 bits per heavy atom. The van der Waals surface area contributed by atoms with Crippen LogP contribution >= 0.6 is 0 Å². The van der Waals surface area contributed by atoms with Crippen LogP contribution in [0.2, 0.25) is 0 Å². The summed E-state index contributed by atoms with van der Waals surface area (Å²) in [7, 11) is 0. The Bertz CT molecular complexity index is 1060. The molecule has 2 N–H and O–H groups in total. The first-order valence-electron chi connectivity index (χ1n) is 10.4. The minimum atomic E-state index is -0.301. The van der Waals surface area contributed by atoms with Crippen LogP contribution in [-0.4, -0.2) is 34.3 Å². The number of nitrogens with one attached hydrogen (secondary N) is 2. The average Bonchev–Trinajstić information content (AvgIpc) is 3.11. The Hall–Kier alpha value is -3.67. The minimum absolute atomic E-state index is 0.0727. The van der Waals surface area contributed by atoms with Crippen molar-refractivity contribution in [3.05, 3.63) is 89.1 Å². The summed E-state index contributed by atoms with van der Waals surface area (Å²) in [6.07, 6.45) is 2.25. The van der Waals surface area contributed by atoms with Gasteiger partial charge in [0.2, 0.25) is 5.91 Å². The highest BCUT2D eigenvalue weighted by Crippen LogP contribution is 2.19. The van der Waals surface area contributed by atoms with Crippen LogP contribution in [0, 0.1) is 13.8 Å². The molecule has 2 heterocycles. The number of anilines is 2. The van der Waals surface area contributed by atoms with E-state index in [9.17, 15) is 9.59 Å². The molecule has 3 aromatic rings. The summed E-state index contributed by atoms with van der Waals surface area (Å²) >= 11 is 0. The highest BCUT2D eigenvalue weighted by atomic mass is 16.2. The zero-order valence-electron chi connectivity index (χ0n) is 17.8. The molecule has 1 aliphatic heterocycles. The van der Waals surface area contributed by atoms with Crippen LogP contribution in [0.15, 0.2) is 66.9 Å². The van der Waals surface area contributed by atoms with Gasteiger partial charge in [-0.05, 0) is 50.1 Å². The number of carbonyl (C=O) groups is 2. The van der Waals surface area contributed by atoms with Gasteiger partial charge in [0.15, 0.2) is 0 Å². The maximum absolute atomic E-state index is 12.8. The van der Waals surface area contributed by atoms with Crippen molar-refractivity contribution in [1.29, 1.82) is 0 Å². The lowest BCUT2D eigenvalue weighted by molar-refractivity contribution is -0.128. The Kier molecular flexibility index (Phi) is 5.98. The number of benzene rings is 2. The van der Waals surface area contributed by atoms with Crippen LogP contribution < -0.4 is 10.6 Å². The predicted molar refractivity (Wildman–Crippen MR) is 122 cm³/mol. The van der Waals surface area contributed by atoms with Crippen LogP contribution in [0.3, 0.4) is 0 Å². The van der Waals surface area contributed by atoms with Gasteiger partial charge < -0.3 is 15.5 Å². The second-order valence-electron chi connectivity index (χ2n) is 7.98. The molecule has 158 valence electrons. The van der Waals surface area contributed by atoms with Gasteiger partial charge in [-0.15, -0.1) is 0 Å². The van der Waals surface area contributed by atoms with Crippen molar-refractivity contribution in [1.82, 2.24) is 9.88 Å². The van der Waals surface area contributed by atoms with Crippen LogP contribution in [0.4, 0.5) is 11.5 Å². The van der Waals surface area contributed by atoms with Crippen molar-refractivity contribution in [2.75, 3.05) is 17.2 Å². The van der Waals surface area contributed by atoms with Crippen LogP contribution in [0.5, 0.6) is 0 Å². The molecule has 1 atom stereocenters. The van der Waals surface area contributed by atoms with E-state index in [4.69, 9.17) is 0 Å². The lowest BCUT2D eigenvalue weighted by Crippen LogP contribution is -2.33. The first-order chi connectivity index (χ1) is 15.0. The van der Waals surface area contributed by atoms with E-state index >= 15 is 0 Å². The van der Waals surface area contributed by atoms with Crippen LogP contribution in [0.1, 0.15) is 33.5 Å². The second kappa shape index (κ2) is 9.00. The van der Waals surface area contributed by atoms with Gasteiger partial charge in [0.1, 0.15) is 11.9 Å². The molecule has 31 heavy (non-hydrogen) atoms. The van der Waals surface area contributed by atoms with E-state index < -0.39 is 0 Å². The zero-order valence-corrected chi connectivity index (χ0v) is 17.8. The van der Waals surface area contributed by atoms with Crippen molar-refractivity contribution in [3.8, 4) is 0 Å². The van der Waals surface area contributed by atoms with Crippen molar-refractivity contribution in [2.24, 2.45) is 0 Å². The van der Waals surface area contributed by atoms with Gasteiger partial charge in [-0.25, -0.2) is 4.98 Å². The molecule has 2 amide bonds. The Morgan fingerprint density at radius 1 is 1.00 bits per heavy atom. The standard InChI is InChI=1S/C25H26N4O2/c1-17-3-7-19(8-4-17)16-29-14-13-22(25(29)31)28-23-12-9-20(15-26-23)24(30)27-21-10-5-18(2)6-11-21/h3-12,15,22H,13-14,16H2,1-2H3,(H,26,28)(H,27,30). The fourth-order valence-corrected chi connectivity index (χ4v) is 3.58. The maximum atomic E-state index is 12.8. The van der Waals surface area contributed by atoms with E-state index in [-0.39, 0.29) is 17.9 Å². The van der Waals surface area contributed by atoms with E-state index in [1.54, 1.807) is 12.1 Å². The molecule has 0 radical (unpaired) electrons. The molecule has 0 aliphatic carbocycles. The van der Waals surface area contributed by atoms with Gasteiger partial charge in [0.05, 0.1) is 5.56 Å². The third-order valence-corrected chi connectivity index (χ3v) is 5.45. The molecule has 0 bridgehead atoms. The summed E-state index contributed by atoms with van der Waals surface area (Å²) in [5.41, 5.74) is 4.67. The quantitative estimate of drug-likeness (QED) is 0.635. The molecular formula is C25H26N4O2. The van der Waals surface area contributed by atoms with E-state index in [0.29, 0.717) is 24.5 Å². The SMILES string of the molecule is Cc1ccc(CN2CCC(Nc3ccc(C(=O)Nc4ccc(C)cc4)cn3)C2=O)cc1. The molecule has 6 nitrogen and oxygen atoms in total. The van der Waals surface area contributed by atoms with E-state index in [2.05, 4.69) is 46.8 Å². The number of amides is 2. The number of aromatic nitrogens is 1. The third kappa shape index (κ3) is 5.09. The normalized spacial score (nSPS) is 15.7. The van der Waals surface area contributed by atoms with Crippen molar-refractivity contribution >= 4 is 23.3 Å². The number of aryl methyl sites for hydroxylation is 2. The number of rotatable bonds is 6. The van der Waals surface area contributed by atoms with Crippen molar-refractivity contribution in [3.63, 3.8) is 0 Å². The molecule has 0 spiro atoms. The summed E-state index contributed by atoms with van der Waals surface area (Å²) in [5, 5.41) is 6.06. The summed E-state index contributed by atoms with van der Waals surface area (Å²) in [6, 6.07) is 19.0. The van der Waals surface area contributed by atoms with Gasteiger partial charge in [-0.3, -0.25) is 9.59 Å². The molecule has 1 aromatic heterocycles. The predicted octanol–water partition coefficient (Wildman–Crippen LogP) is 4.16. The number of carbonyl (C=O) groups excluding carboxylic acids is 2. The topological polar surface area (TPSA) is 74.3 Å². The fourth-order valence-electron chi connectivity index (χ4n) is 3.58. The summed E-state index contributed by atoms with van der Waals surface area (Å²) in [5.74, 6) is 0.440. The third-order valence-electron chi connectivity index (χ3n) is 5.45. The number of likely N-dealkylation sites (tertiary alicyclic amines) is 1. The fraction of sp³-hybridized carbons (Fsp3) is 0.240. The van der Waals surface area contributed by atoms with Gasteiger partial charge in [0, 0.05) is 25.0 Å². The Balaban J connectivity index is 1.33. The van der Waals surface area contributed by atoms with E-state index in [1.165, 1.54) is 11.8 Å². The molecule has 1 fully saturated rings. The van der Waals surface area contributed by atoms with Gasteiger partial charge in [-0.2, -0.15) is 0 Å². The Morgan fingerprint density at radius 3 is 2.32 bits per heavy atom. The number of pyridine rings is 1. The average molecular weight is 415 g/mol. The number of nitrogens with zero attached hydrogens (tertiary/aromatic N) is 2. The first-order valence-corrected chi connectivity index (χ1v) is 10.4. The van der Waals surface area contributed by atoms with Crippen LogP contribution in [0.25, 0.3) is 0 Å². The highest BCUT2D eigenvalue weighted by molar-refractivity contribution is 6.04. The van der Waals surface area contributed by atoms with Crippen LogP contribution in [-0.2, 0) is 11.3 Å². The molecular weight excluding hydrogens is 388 g/mol. The van der Waals surface area contributed by atoms with E-state index in [0.717, 1.165) is 23.2 Å². The van der Waals surface area contributed by atoms with Gasteiger partial charge in [-0.1, -0.05) is 47.5 Å². The lowest BCUT2D eigenvalue weighted by Gasteiger charge is -2.17. The molecule has 1 aliphatic rings. The summed E-state index contributed by atoms with van der Waals surface area (Å²) < 4.78 is 0. The highest BCUT2D eigenvalue weighted by Gasteiger charge is 2.31. The summed E-state index contributed by atoms with van der Waals surface area (Å²) in [6.45, 7) is 5.37. The van der Waals surface area contributed by atoms with E-state index in [1.807, 2.05) is 36.1 Å².